The lowest BCUT2D eigenvalue weighted by Crippen LogP contribution is -2.24. The number of hydrogen-bond acceptors (Lipinski definition) is 12. The molecule has 3 heterocycles. The minimum Gasteiger partial charge on any atom is -0.338 e. The summed E-state index contributed by atoms with van der Waals surface area (Å²) < 4.78 is 55.5. The van der Waals surface area contributed by atoms with E-state index in [1.807, 2.05) is 86.6 Å². The zero-order valence-corrected chi connectivity index (χ0v) is 47.3. The first-order valence-corrected chi connectivity index (χ1v) is 27.2. The van der Waals surface area contributed by atoms with E-state index in [0.29, 0.717) is 70.0 Å². The van der Waals surface area contributed by atoms with Crippen LogP contribution in [0.4, 0.5) is 13.2 Å². The Labute approximate surface area is 484 Å². The lowest BCUT2D eigenvalue weighted by molar-refractivity contribution is 0.201. The van der Waals surface area contributed by atoms with Crippen molar-refractivity contribution in [3.8, 4) is 69.7 Å². The van der Waals surface area contributed by atoms with Crippen LogP contribution in [0, 0.1) is 53.0 Å². The molecule has 412 valence electrons. The molecule has 0 radical (unpaired) electrons. The number of alkyl halides is 1. The fourth-order valence-corrected chi connectivity index (χ4v) is 7.73. The molecule has 0 bridgehead atoms. The molecule has 9 aromatic rings. The average molecular weight is 1170 g/mol. The van der Waals surface area contributed by atoms with E-state index in [1.165, 1.54) is 74.9 Å². The second-order valence-corrected chi connectivity index (χ2v) is 20.9. The summed E-state index contributed by atoms with van der Waals surface area (Å²) in [6, 6.07) is 43.4. The zero-order valence-electron chi connectivity index (χ0n) is 44.9. The van der Waals surface area contributed by atoms with E-state index in [9.17, 15) is 13.2 Å². The van der Waals surface area contributed by atoms with Crippen LogP contribution in [0.2, 0.25) is 0 Å². The Bertz CT molecular complexity index is 3690. The number of nitrogens with one attached hydrogen (secondary N) is 1. The topological polar surface area (TPSA) is 158 Å². The highest BCUT2D eigenvalue weighted by Gasteiger charge is 2.32. The van der Waals surface area contributed by atoms with Crippen LogP contribution < -0.4 is 11.1 Å². The first-order valence-electron chi connectivity index (χ1n) is 26.3. The minimum absolute atomic E-state index is 0. The molecule has 3 saturated carbocycles. The highest BCUT2D eigenvalue weighted by Crippen LogP contribution is 2.33. The summed E-state index contributed by atoms with van der Waals surface area (Å²) in [4.78, 5) is 15.6. The fraction of sp³-hybridized carbons (Fsp3) is 0.250. The van der Waals surface area contributed by atoms with Gasteiger partial charge in [0, 0.05) is 68.2 Å². The molecule has 6 aromatic carbocycles. The molecule has 3 N–H and O–H groups in total. The summed E-state index contributed by atoms with van der Waals surface area (Å²) in [5, 5.41) is 15.6. The number of nitrogens with zero attached hydrogens (tertiary/aromatic N) is 7. The van der Waals surface area contributed by atoms with Crippen LogP contribution in [-0.2, 0) is 0 Å². The van der Waals surface area contributed by atoms with Crippen molar-refractivity contribution in [1.82, 2.24) is 40.6 Å². The largest absolute Gasteiger partial charge is 0.338 e. The summed E-state index contributed by atoms with van der Waals surface area (Å²) in [7, 11) is 2.10. The maximum atomic E-state index is 13.2. The van der Waals surface area contributed by atoms with Gasteiger partial charge in [0.25, 0.3) is 0 Å². The van der Waals surface area contributed by atoms with Crippen molar-refractivity contribution >= 4 is 28.3 Å². The van der Waals surface area contributed by atoms with Gasteiger partial charge in [-0.25, -0.2) is 13.2 Å². The normalized spacial score (nSPS) is 14.1. The Morgan fingerprint density at radius 2 is 0.852 bits per heavy atom. The summed E-state index contributed by atoms with van der Waals surface area (Å²) in [6.07, 6.45) is 7.42. The van der Waals surface area contributed by atoms with Gasteiger partial charge in [0.05, 0.1) is 16.9 Å². The average Bonchev–Trinajstić information content (AvgIpc) is 4.46. The summed E-state index contributed by atoms with van der Waals surface area (Å²) in [5.74, 6) is 20.5. The van der Waals surface area contributed by atoms with E-state index >= 15 is 0 Å². The van der Waals surface area contributed by atoms with Gasteiger partial charge < -0.3 is 24.6 Å². The quantitative estimate of drug-likeness (QED) is 0.0988. The second kappa shape index (κ2) is 28.3. The highest BCUT2D eigenvalue weighted by molar-refractivity contribution is 9.09. The van der Waals surface area contributed by atoms with Crippen molar-refractivity contribution in [3.63, 3.8) is 0 Å². The smallest absolute Gasteiger partial charge is 0.244 e. The van der Waals surface area contributed by atoms with Gasteiger partial charge in [0.1, 0.15) is 17.5 Å². The predicted molar refractivity (Wildman–Crippen MR) is 312 cm³/mol. The van der Waals surface area contributed by atoms with Gasteiger partial charge in [-0.1, -0.05) is 85.1 Å². The van der Waals surface area contributed by atoms with E-state index in [4.69, 9.17) is 19.3 Å². The Morgan fingerprint density at radius 1 is 0.506 bits per heavy atom. The van der Waals surface area contributed by atoms with Gasteiger partial charge in [-0.05, 0) is 194 Å². The van der Waals surface area contributed by atoms with Gasteiger partial charge in [-0.15, -0.1) is 12.4 Å². The Kier molecular flexibility index (Phi) is 20.6. The van der Waals surface area contributed by atoms with E-state index in [2.05, 4.69) is 106 Å². The predicted octanol–water partition coefficient (Wildman–Crippen LogP) is 13.8. The van der Waals surface area contributed by atoms with Crippen molar-refractivity contribution < 1.29 is 26.7 Å². The van der Waals surface area contributed by atoms with E-state index in [1.54, 1.807) is 36.4 Å². The minimum atomic E-state index is -0.291. The Balaban J connectivity index is 0.000000153. The molecular formula is C64H58BrClF3N9O3. The van der Waals surface area contributed by atoms with Crippen molar-refractivity contribution in [3.05, 3.63) is 214 Å². The van der Waals surface area contributed by atoms with Crippen LogP contribution in [-0.4, -0.2) is 60.5 Å². The van der Waals surface area contributed by atoms with Gasteiger partial charge in [0.15, 0.2) is 0 Å². The number of rotatable bonds is 10. The van der Waals surface area contributed by atoms with Crippen LogP contribution in [0.1, 0.15) is 127 Å². The number of aromatic nitrogens is 6. The Hall–Kier alpha value is -8.14. The fourth-order valence-electron chi connectivity index (χ4n) is 7.55. The maximum Gasteiger partial charge on any atom is 0.244 e. The van der Waals surface area contributed by atoms with Crippen LogP contribution in [0.25, 0.3) is 34.2 Å². The lowest BCUT2D eigenvalue weighted by atomic mass is 10.1. The SMILES string of the molecule is CC(Br)c1nc(-c2ccc(C#Cc3cccc(F)c3)cc2)no1.CC(NC1CC1)c1nc(-c2ccc(C#Cc3cccc(F)c3)cc2)no1.CC(c1nc(-c2ccc(C#Cc3cccc(F)c3)cc2)no1)N(C)C1CC1.Cl.NC1CC1. The molecule has 17 heteroatoms. The van der Waals surface area contributed by atoms with Gasteiger partial charge in [-0.3, -0.25) is 4.90 Å². The molecule has 3 aliphatic rings. The summed E-state index contributed by atoms with van der Waals surface area (Å²) in [5.41, 5.74) is 12.3. The summed E-state index contributed by atoms with van der Waals surface area (Å²) >= 11 is 3.39. The number of halogens is 5. The zero-order chi connectivity index (χ0) is 56.0. The molecule has 3 aliphatic carbocycles. The molecule has 0 spiro atoms. The van der Waals surface area contributed by atoms with Crippen molar-refractivity contribution in [2.24, 2.45) is 5.73 Å². The second-order valence-electron chi connectivity index (χ2n) is 19.6. The number of benzene rings is 6. The van der Waals surface area contributed by atoms with Crippen LogP contribution in [0.15, 0.2) is 159 Å². The third-order valence-corrected chi connectivity index (χ3v) is 13.2. The van der Waals surface area contributed by atoms with E-state index in [0.717, 1.165) is 33.4 Å². The van der Waals surface area contributed by atoms with Crippen LogP contribution in [0.3, 0.4) is 0 Å². The monoisotopic (exact) mass is 1170 g/mol. The lowest BCUT2D eigenvalue weighted by Gasteiger charge is -2.20. The van der Waals surface area contributed by atoms with Crippen LogP contribution in [0.5, 0.6) is 0 Å². The van der Waals surface area contributed by atoms with Crippen molar-refractivity contribution in [2.75, 3.05) is 7.05 Å². The molecule has 81 heavy (non-hydrogen) atoms. The molecule has 3 atom stereocenters. The van der Waals surface area contributed by atoms with Crippen molar-refractivity contribution in [1.29, 1.82) is 0 Å². The molecule has 12 nitrogen and oxygen atoms in total. The highest BCUT2D eigenvalue weighted by atomic mass is 79.9. The standard InChI is InChI=1S/C22H20FN3O.C21H18FN3O.C18H12BrFN2O.C3H7N.ClH/c1-15(26(2)20-12-13-20)22-24-21(25-27-22)18-10-8-16(9-11-18)6-7-17-4-3-5-19(23)14-17;1-14(23-19-11-12-19)21-24-20(25-26-21)17-9-7-15(8-10-17)5-6-16-3-2-4-18(22)13-16;1-12(19)18-21-17(22-23-18)15-9-7-13(8-10-15)5-6-14-3-2-4-16(20)11-14;4-3-1-2-3;/h3-5,8-11,14-15,20H,12-13H2,1-2H3;2-4,7-10,13-14,19,23H,11-12H2,1H3;2-4,7-12H,1H3;3H,1-2,4H2;1H. The molecule has 0 aliphatic heterocycles. The number of hydrogen-bond donors (Lipinski definition) is 2. The summed E-state index contributed by atoms with van der Waals surface area (Å²) in [6.45, 7) is 6.03. The van der Waals surface area contributed by atoms with E-state index < -0.39 is 0 Å². The van der Waals surface area contributed by atoms with Gasteiger partial charge in [0.2, 0.25) is 35.1 Å². The third-order valence-electron chi connectivity index (χ3n) is 12.8. The Morgan fingerprint density at radius 3 is 1.19 bits per heavy atom. The first kappa shape index (κ1) is 59.0. The van der Waals surface area contributed by atoms with Crippen LogP contribution >= 0.6 is 28.3 Å². The molecule has 0 saturated heterocycles. The van der Waals surface area contributed by atoms with E-state index in [-0.39, 0.29) is 46.8 Å². The third kappa shape index (κ3) is 18.2. The van der Waals surface area contributed by atoms with Crippen molar-refractivity contribution in [2.45, 2.75) is 94.3 Å². The molecule has 0 amide bonds. The molecule has 3 fully saturated rings. The van der Waals surface area contributed by atoms with Gasteiger partial charge in [-0.2, -0.15) is 15.0 Å². The molecular weight excluding hydrogens is 1120 g/mol. The van der Waals surface area contributed by atoms with Gasteiger partial charge >= 0.3 is 0 Å². The first-order chi connectivity index (χ1) is 38.8. The molecule has 3 unspecified atom stereocenters. The molecule has 12 rings (SSSR count). The molecule has 3 aromatic heterocycles. The maximum absolute atomic E-state index is 13.2. The number of nitrogens with two attached hydrogens (primary N) is 1.